The molecule has 3 nitrogen and oxygen atoms in total. The number of esters is 1. The summed E-state index contributed by atoms with van der Waals surface area (Å²) < 4.78 is 8.25. The lowest BCUT2D eigenvalue weighted by molar-refractivity contribution is -0.147. The second-order valence-corrected chi connectivity index (χ2v) is 17.0. The van der Waals surface area contributed by atoms with Crippen LogP contribution in [0.15, 0.2) is 0 Å². The van der Waals surface area contributed by atoms with E-state index in [1.165, 1.54) is 31.4 Å². The number of carbonyl (C=O) groups excluding carboxylic acids is 1. The van der Waals surface area contributed by atoms with E-state index < -0.39 is 16.5 Å². The summed E-state index contributed by atoms with van der Waals surface area (Å²) in [5, 5.41) is 0. The predicted octanol–water partition coefficient (Wildman–Crippen LogP) is 3.59. The molecule has 0 amide bonds. The lowest BCUT2D eigenvalue weighted by Crippen LogP contribution is -2.62. The van der Waals surface area contributed by atoms with Gasteiger partial charge in [-0.05, 0) is 24.9 Å². The minimum Gasteiger partial charge on any atom is -0.465 e. The summed E-state index contributed by atoms with van der Waals surface area (Å²) >= 11 is 0. The molecule has 2 saturated heterocycles. The second-order valence-electron chi connectivity index (χ2n) is 7.38. The van der Waals surface area contributed by atoms with Crippen LogP contribution in [0.1, 0.15) is 32.1 Å². The number of carbonyl (C=O) groups is 1. The minimum atomic E-state index is -1.40. The van der Waals surface area contributed by atoms with Crippen LogP contribution in [0.5, 0.6) is 0 Å². The van der Waals surface area contributed by atoms with Crippen LogP contribution in [0.4, 0.5) is 0 Å². The first-order chi connectivity index (χ1) is 8.84. The van der Waals surface area contributed by atoms with Gasteiger partial charge in [-0.15, -0.1) is 0 Å². The maximum atomic E-state index is 12.5. The number of hydrogen-bond donors (Lipinski definition) is 0. The molecule has 0 saturated carbocycles. The minimum absolute atomic E-state index is 0.0731. The normalized spacial score (nSPS) is 32.2. The first-order valence-corrected chi connectivity index (χ1v) is 14.1. The topological polar surface area (TPSA) is 29.5 Å². The van der Waals surface area contributed by atoms with E-state index in [0.29, 0.717) is 6.61 Å². The zero-order valence-corrected chi connectivity index (χ0v) is 15.0. The average Bonchev–Trinajstić information content (AvgIpc) is 2.58. The molecule has 0 spiro atoms. The Morgan fingerprint density at radius 2 is 1.58 bits per heavy atom. The van der Waals surface area contributed by atoms with Gasteiger partial charge in [0.05, 0.1) is 12.6 Å². The fourth-order valence-corrected chi connectivity index (χ4v) is 18.7. The third kappa shape index (κ3) is 3.31. The van der Waals surface area contributed by atoms with Gasteiger partial charge in [-0.3, -0.25) is 4.79 Å². The van der Waals surface area contributed by atoms with Crippen molar-refractivity contribution in [3.8, 4) is 0 Å². The van der Waals surface area contributed by atoms with Crippen molar-refractivity contribution >= 4 is 22.4 Å². The number of nitrogens with zero attached hydrogens (tertiary/aromatic N) is 1. The molecule has 5 heteroatoms. The van der Waals surface area contributed by atoms with Crippen LogP contribution in [0, 0.1) is 0 Å². The van der Waals surface area contributed by atoms with Crippen LogP contribution >= 0.6 is 0 Å². The highest BCUT2D eigenvalue weighted by atomic mass is 28.4. The predicted molar refractivity (Wildman–Crippen MR) is 84.2 cm³/mol. The Labute approximate surface area is 119 Å². The van der Waals surface area contributed by atoms with E-state index in [0.717, 1.165) is 12.8 Å². The molecule has 0 N–H and O–H groups in total. The lowest BCUT2D eigenvalue weighted by atomic mass is 10.1. The van der Waals surface area contributed by atoms with Gasteiger partial charge in [0, 0.05) is 0 Å². The molecule has 0 radical (unpaired) electrons. The maximum Gasteiger partial charge on any atom is 0.322 e. The molecule has 1 unspecified atom stereocenters. The van der Waals surface area contributed by atoms with Crippen LogP contribution < -0.4 is 0 Å². The summed E-state index contributed by atoms with van der Waals surface area (Å²) in [7, 11) is -2.79. The monoisotopic (exact) mass is 299 g/mol. The van der Waals surface area contributed by atoms with Gasteiger partial charge in [0.1, 0.15) is 16.5 Å². The average molecular weight is 300 g/mol. The van der Waals surface area contributed by atoms with Gasteiger partial charge in [-0.2, -0.15) is 0 Å². The molecular formula is C14H29NO2Si2. The number of hydrogen-bond acceptors (Lipinski definition) is 3. The van der Waals surface area contributed by atoms with Gasteiger partial charge in [0.2, 0.25) is 0 Å². The fourth-order valence-electron chi connectivity index (χ4n) is 3.93. The molecule has 2 aliphatic heterocycles. The van der Waals surface area contributed by atoms with Crippen molar-refractivity contribution in [2.24, 2.45) is 0 Å². The summed E-state index contributed by atoms with van der Waals surface area (Å²) in [6, 6.07) is 2.79. The molecule has 0 aromatic heterocycles. The van der Waals surface area contributed by atoms with Crippen molar-refractivity contribution in [3.63, 3.8) is 0 Å². The highest BCUT2D eigenvalue weighted by molar-refractivity contribution is 6.95. The van der Waals surface area contributed by atoms with E-state index in [4.69, 9.17) is 4.74 Å². The van der Waals surface area contributed by atoms with E-state index in [2.05, 4.69) is 30.4 Å². The van der Waals surface area contributed by atoms with Crippen molar-refractivity contribution in [2.45, 2.75) is 76.4 Å². The smallest absolute Gasteiger partial charge is 0.322 e. The van der Waals surface area contributed by atoms with Crippen molar-refractivity contribution in [2.75, 3.05) is 6.61 Å². The fraction of sp³-hybridized carbons (Fsp3) is 0.929. The quantitative estimate of drug-likeness (QED) is 0.547. The SMILES string of the molecule is C[Si]1(C)CC[Si](C)(C)N1C1CCCCCCOC1=O. The van der Waals surface area contributed by atoms with Crippen LogP contribution in [0.2, 0.25) is 38.3 Å². The van der Waals surface area contributed by atoms with Crippen LogP contribution in [-0.2, 0) is 9.53 Å². The van der Waals surface area contributed by atoms with Gasteiger partial charge in [-0.1, -0.05) is 45.5 Å². The summed E-state index contributed by atoms with van der Waals surface area (Å²) in [6.07, 6.45) is 5.71. The zero-order valence-electron chi connectivity index (χ0n) is 13.0. The van der Waals surface area contributed by atoms with Crippen molar-refractivity contribution in [1.82, 2.24) is 4.23 Å². The van der Waals surface area contributed by atoms with Crippen LogP contribution in [-0.4, -0.2) is 39.3 Å². The number of cyclic esters (lactones) is 1. The van der Waals surface area contributed by atoms with Gasteiger partial charge >= 0.3 is 5.97 Å². The van der Waals surface area contributed by atoms with E-state index in [1.54, 1.807) is 0 Å². The molecule has 0 aliphatic carbocycles. The first-order valence-electron chi connectivity index (χ1n) is 7.81. The molecule has 0 aromatic carbocycles. The van der Waals surface area contributed by atoms with E-state index >= 15 is 0 Å². The van der Waals surface area contributed by atoms with E-state index in [1.807, 2.05) is 0 Å². The Bertz CT molecular complexity index is 328. The Kier molecular flexibility index (Phi) is 4.57. The van der Waals surface area contributed by atoms with Crippen molar-refractivity contribution < 1.29 is 9.53 Å². The van der Waals surface area contributed by atoms with Gasteiger partial charge in [0.25, 0.3) is 0 Å². The Morgan fingerprint density at radius 3 is 2.21 bits per heavy atom. The third-order valence-electron chi connectivity index (χ3n) is 4.85. The standard InChI is InChI=1S/C14H29NO2Si2/c1-18(2)11-12-19(3,4)15(18)13-9-7-5-6-8-10-17-14(13)16/h13H,5-12H2,1-4H3. The summed E-state index contributed by atoms with van der Waals surface area (Å²) in [5.41, 5.74) is 0. The first kappa shape index (κ1) is 15.3. The number of rotatable bonds is 1. The highest BCUT2D eigenvalue weighted by Gasteiger charge is 2.52. The van der Waals surface area contributed by atoms with E-state index in [9.17, 15) is 4.79 Å². The van der Waals surface area contributed by atoms with Crippen LogP contribution in [0.3, 0.4) is 0 Å². The number of ether oxygens (including phenoxy) is 1. The Hall–Kier alpha value is -0.136. The Morgan fingerprint density at radius 1 is 1.00 bits per heavy atom. The molecular weight excluding hydrogens is 270 g/mol. The molecule has 2 rings (SSSR count). The van der Waals surface area contributed by atoms with Crippen LogP contribution in [0.25, 0.3) is 0 Å². The highest BCUT2D eigenvalue weighted by Crippen LogP contribution is 2.40. The Balaban J connectivity index is 2.22. The molecule has 2 heterocycles. The largest absolute Gasteiger partial charge is 0.465 e. The molecule has 110 valence electrons. The molecule has 2 fully saturated rings. The molecule has 2 aliphatic rings. The van der Waals surface area contributed by atoms with Gasteiger partial charge in [0.15, 0.2) is 0 Å². The van der Waals surface area contributed by atoms with Gasteiger partial charge in [-0.25, -0.2) is 0 Å². The lowest BCUT2D eigenvalue weighted by Gasteiger charge is -2.43. The van der Waals surface area contributed by atoms with E-state index in [-0.39, 0.29) is 12.0 Å². The second kappa shape index (κ2) is 5.70. The van der Waals surface area contributed by atoms with Gasteiger partial charge < -0.3 is 8.97 Å². The maximum absolute atomic E-state index is 12.5. The molecule has 0 aromatic rings. The van der Waals surface area contributed by atoms with Crippen molar-refractivity contribution in [3.05, 3.63) is 0 Å². The third-order valence-corrected chi connectivity index (χ3v) is 15.2. The summed E-state index contributed by atoms with van der Waals surface area (Å²) in [5.74, 6) is 0.0740. The summed E-state index contributed by atoms with van der Waals surface area (Å²) in [4.78, 5) is 12.5. The molecule has 0 bridgehead atoms. The molecule has 1 atom stereocenters. The molecule has 19 heavy (non-hydrogen) atoms. The van der Waals surface area contributed by atoms with Crippen molar-refractivity contribution in [1.29, 1.82) is 0 Å². The summed E-state index contributed by atoms with van der Waals surface area (Å²) in [6.45, 7) is 10.4. The zero-order chi connectivity index (χ0) is 14.1.